The SMILES string of the molecule is CCC.O=C(NCc1cc(C(F)(F)F)cc(C(F)(F)F)c1)[C@H]1CC[C@@H](NC2CCOC3CCCCC23)C1. The number of fused-ring (bicyclic) bond motifs is 1. The third kappa shape index (κ3) is 8.34. The minimum absolute atomic E-state index is 0.0890. The van der Waals surface area contributed by atoms with Crippen molar-refractivity contribution in [2.24, 2.45) is 11.8 Å². The minimum Gasteiger partial charge on any atom is -0.378 e. The van der Waals surface area contributed by atoms with Gasteiger partial charge in [0.15, 0.2) is 0 Å². The molecule has 210 valence electrons. The highest BCUT2D eigenvalue weighted by Crippen LogP contribution is 2.37. The van der Waals surface area contributed by atoms with E-state index in [4.69, 9.17) is 4.74 Å². The number of benzene rings is 1. The molecule has 0 spiro atoms. The summed E-state index contributed by atoms with van der Waals surface area (Å²) < 4.78 is 84.2. The van der Waals surface area contributed by atoms with Crippen LogP contribution in [-0.2, 0) is 28.4 Å². The van der Waals surface area contributed by atoms with Crippen molar-refractivity contribution in [2.75, 3.05) is 6.61 Å². The van der Waals surface area contributed by atoms with Crippen molar-refractivity contribution >= 4 is 5.91 Å². The summed E-state index contributed by atoms with van der Waals surface area (Å²) in [5.41, 5.74) is -2.99. The van der Waals surface area contributed by atoms with Gasteiger partial charge in [-0.15, -0.1) is 0 Å². The lowest BCUT2D eigenvalue weighted by Crippen LogP contribution is -2.51. The quantitative estimate of drug-likeness (QED) is 0.404. The molecule has 2 saturated carbocycles. The predicted molar refractivity (Wildman–Crippen MR) is 129 cm³/mol. The first-order valence-electron chi connectivity index (χ1n) is 13.4. The number of hydrogen-bond acceptors (Lipinski definition) is 3. The van der Waals surface area contributed by atoms with Crippen LogP contribution in [0.5, 0.6) is 0 Å². The second-order valence-corrected chi connectivity index (χ2v) is 10.5. The highest BCUT2D eigenvalue weighted by molar-refractivity contribution is 5.79. The number of alkyl halides is 6. The first-order valence-corrected chi connectivity index (χ1v) is 13.4. The fraction of sp³-hybridized carbons (Fsp3) is 0.741. The van der Waals surface area contributed by atoms with Gasteiger partial charge < -0.3 is 15.4 Å². The molecule has 1 aromatic carbocycles. The molecule has 1 aliphatic heterocycles. The van der Waals surface area contributed by atoms with Gasteiger partial charge in [0.25, 0.3) is 0 Å². The third-order valence-electron chi connectivity index (χ3n) is 7.40. The molecule has 1 heterocycles. The van der Waals surface area contributed by atoms with Gasteiger partial charge in [0.05, 0.1) is 17.2 Å². The molecule has 0 radical (unpaired) electrons. The molecule has 4 nitrogen and oxygen atoms in total. The van der Waals surface area contributed by atoms with E-state index in [2.05, 4.69) is 24.5 Å². The van der Waals surface area contributed by atoms with Crippen LogP contribution < -0.4 is 10.6 Å². The van der Waals surface area contributed by atoms with Gasteiger partial charge in [0.1, 0.15) is 0 Å². The van der Waals surface area contributed by atoms with Crippen molar-refractivity contribution in [3.63, 3.8) is 0 Å². The number of hydrogen-bond donors (Lipinski definition) is 2. The Morgan fingerprint density at radius 3 is 2.16 bits per heavy atom. The maximum atomic E-state index is 13.1. The van der Waals surface area contributed by atoms with E-state index < -0.39 is 23.5 Å². The summed E-state index contributed by atoms with van der Waals surface area (Å²) in [4.78, 5) is 12.6. The third-order valence-corrected chi connectivity index (χ3v) is 7.40. The predicted octanol–water partition coefficient (Wildman–Crippen LogP) is 6.86. The van der Waals surface area contributed by atoms with E-state index in [0.29, 0.717) is 43.0 Å². The van der Waals surface area contributed by atoms with Crippen molar-refractivity contribution in [3.8, 4) is 0 Å². The number of halogens is 6. The Kier molecular flexibility index (Phi) is 10.3. The Labute approximate surface area is 214 Å². The largest absolute Gasteiger partial charge is 0.416 e. The molecule has 10 heteroatoms. The minimum atomic E-state index is -4.91. The molecule has 3 fully saturated rings. The van der Waals surface area contributed by atoms with Crippen molar-refractivity contribution in [1.29, 1.82) is 0 Å². The summed E-state index contributed by atoms with van der Waals surface area (Å²) in [6.45, 7) is 4.59. The molecule has 37 heavy (non-hydrogen) atoms. The van der Waals surface area contributed by atoms with Crippen LogP contribution in [-0.4, -0.2) is 30.7 Å². The van der Waals surface area contributed by atoms with E-state index in [1.807, 2.05) is 0 Å². The van der Waals surface area contributed by atoms with Gasteiger partial charge in [-0.05, 0) is 62.3 Å². The summed E-state index contributed by atoms with van der Waals surface area (Å²) in [5, 5.41) is 6.26. The maximum absolute atomic E-state index is 13.1. The average Bonchev–Trinajstić information content (AvgIpc) is 3.31. The Hall–Kier alpha value is -1.81. The van der Waals surface area contributed by atoms with Crippen LogP contribution >= 0.6 is 0 Å². The van der Waals surface area contributed by atoms with Gasteiger partial charge in [-0.3, -0.25) is 4.79 Å². The van der Waals surface area contributed by atoms with Gasteiger partial charge in [0, 0.05) is 37.1 Å². The van der Waals surface area contributed by atoms with Gasteiger partial charge in [-0.1, -0.05) is 33.1 Å². The van der Waals surface area contributed by atoms with Crippen LogP contribution in [0.3, 0.4) is 0 Å². The van der Waals surface area contributed by atoms with E-state index in [1.54, 1.807) is 0 Å². The van der Waals surface area contributed by atoms with E-state index >= 15 is 0 Å². The summed E-state index contributed by atoms with van der Waals surface area (Å²) in [6.07, 6.45) is -0.666. The molecule has 4 rings (SSSR count). The molecule has 5 atom stereocenters. The van der Waals surface area contributed by atoms with E-state index in [0.717, 1.165) is 32.3 Å². The molecular weight excluding hydrogens is 498 g/mol. The second-order valence-electron chi connectivity index (χ2n) is 10.5. The first-order chi connectivity index (χ1) is 17.4. The highest BCUT2D eigenvalue weighted by Gasteiger charge is 2.39. The van der Waals surface area contributed by atoms with Crippen molar-refractivity contribution in [1.82, 2.24) is 10.6 Å². The molecule has 1 aromatic rings. The van der Waals surface area contributed by atoms with Crippen LogP contribution in [0.1, 0.15) is 88.3 Å². The zero-order valence-electron chi connectivity index (χ0n) is 21.5. The van der Waals surface area contributed by atoms with Gasteiger partial charge in [-0.2, -0.15) is 26.3 Å². The molecule has 1 saturated heterocycles. The van der Waals surface area contributed by atoms with Crippen LogP contribution in [0.15, 0.2) is 18.2 Å². The molecule has 0 bridgehead atoms. The number of rotatable bonds is 5. The summed E-state index contributed by atoms with van der Waals surface area (Å²) >= 11 is 0. The van der Waals surface area contributed by atoms with E-state index in [9.17, 15) is 31.1 Å². The summed E-state index contributed by atoms with van der Waals surface area (Å²) in [6, 6.07) is 1.93. The normalized spacial score (nSPS) is 28.2. The second kappa shape index (κ2) is 12.8. The molecule has 2 N–H and O–H groups in total. The molecule has 3 unspecified atom stereocenters. The number of amides is 1. The number of carbonyl (C=O) groups is 1. The fourth-order valence-corrected chi connectivity index (χ4v) is 5.69. The highest BCUT2D eigenvalue weighted by atomic mass is 19.4. The lowest BCUT2D eigenvalue weighted by Gasteiger charge is -2.42. The Balaban J connectivity index is 0.00000121. The van der Waals surface area contributed by atoms with Crippen LogP contribution in [0, 0.1) is 11.8 Å². The molecule has 1 amide bonds. The lowest BCUT2D eigenvalue weighted by molar-refractivity contribution is -0.143. The zero-order valence-corrected chi connectivity index (χ0v) is 21.5. The standard InChI is InChI=1S/C24H30F6N2O2.C3H8/c25-23(26,27)16-9-14(10-17(12-16)24(28,29)30)13-31-22(33)15-5-6-18(11-15)32-20-7-8-34-21-4-2-1-3-19(20)21;1-3-2/h9-10,12,15,18-21,32H,1-8,11,13H2,(H,31,33);3H2,1-2H3/t15-,18+,19?,20?,21?;/m0./s1. The van der Waals surface area contributed by atoms with Gasteiger partial charge in [-0.25, -0.2) is 0 Å². The van der Waals surface area contributed by atoms with Crippen LogP contribution in [0.4, 0.5) is 26.3 Å². The first kappa shape index (κ1) is 29.7. The summed E-state index contributed by atoms with van der Waals surface area (Å²) in [5.74, 6) is -0.163. The number of carbonyl (C=O) groups excluding carboxylic acids is 1. The molecule has 3 aliphatic rings. The van der Waals surface area contributed by atoms with Crippen molar-refractivity contribution in [2.45, 2.75) is 109 Å². The van der Waals surface area contributed by atoms with Crippen molar-refractivity contribution in [3.05, 3.63) is 34.9 Å². The Bertz CT molecular complexity index is 854. The fourth-order valence-electron chi connectivity index (χ4n) is 5.69. The monoisotopic (exact) mass is 536 g/mol. The molecule has 2 aliphatic carbocycles. The maximum Gasteiger partial charge on any atom is 0.416 e. The van der Waals surface area contributed by atoms with Crippen LogP contribution in [0.25, 0.3) is 0 Å². The van der Waals surface area contributed by atoms with Crippen LogP contribution in [0.2, 0.25) is 0 Å². The van der Waals surface area contributed by atoms with Crippen molar-refractivity contribution < 1.29 is 35.9 Å². The average molecular weight is 537 g/mol. The van der Waals surface area contributed by atoms with E-state index in [-0.39, 0.29) is 36.0 Å². The Morgan fingerprint density at radius 2 is 1.54 bits per heavy atom. The lowest BCUT2D eigenvalue weighted by atomic mass is 9.78. The van der Waals surface area contributed by atoms with Gasteiger partial charge in [0.2, 0.25) is 5.91 Å². The molecular formula is C27H38F6N2O2. The Morgan fingerprint density at radius 1 is 0.919 bits per heavy atom. The topological polar surface area (TPSA) is 50.4 Å². The number of ether oxygens (including phenoxy) is 1. The summed E-state index contributed by atoms with van der Waals surface area (Å²) in [7, 11) is 0. The molecule has 0 aromatic heterocycles. The van der Waals surface area contributed by atoms with E-state index in [1.165, 1.54) is 19.3 Å². The number of nitrogens with one attached hydrogen (secondary N) is 2. The smallest absolute Gasteiger partial charge is 0.378 e. The van der Waals surface area contributed by atoms with Gasteiger partial charge >= 0.3 is 12.4 Å². The zero-order chi connectivity index (χ0) is 27.2.